The lowest BCUT2D eigenvalue weighted by molar-refractivity contribution is 0.288. The van der Waals surface area contributed by atoms with Crippen molar-refractivity contribution >= 4 is 11.8 Å². The Labute approximate surface area is 85.3 Å². The van der Waals surface area contributed by atoms with Crippen molar-refractivity contribution in [2.24, 2.45) is 5.73 Å². The number of nitrogens with two attached hydrogens (primary N) is 1. The highest BCUT2D eigenvalue weighted by molar-refractivity contribution is 8.00. The predicted octanol–water partition coefficient (Wildman–Crippen LogP) is 1.76. The van der Waals surface area contributed by atoms with Crippen LogP contribution >= 0.6 is 11.8 Å². The van der Waals surface area contributed by atoms with Gasteiger partial charge < -0.3 is 10.8 Å². The number of rotatable bonds is 4. The van der Waals surface area contributed by atoms with E-state index in [4.69, 9.17) is 10.8 Å². The van der Waals surface area contributed by atoms with Gasteiger partial charge in [-0.3, -0.25) is 0 Å². The van der Waals surface area contributed by atoms with Gasteiger partial charge in [0.1, 0.15) is 0 Å². The van der Waals surface area contributed by atoms with Crippen molar-refractivity contribution in [3.8, 4) is 0 Å². The van der Waals surface area contributed by atoms with Crippen molar-refractivity contribution < 1.29 is 5.11 Å². The van der Waals surface area contributed by atoms with Crippen LogP contribution in [0.25, 0.3) is 0 Å². The Hall–Kier alpha value is 0.270. The van der Waals surface area contributed by atoms with Gasteiger partial charge in [-0.25, -0.2) is 0 Å². The van der Waals surface area contributed by atoms with E-state index in [0.29, 0.717) is 17.9 Å². The SMILES string of the molecule is CC(CCO)SC1CCCC(N)C1. The molecule has 0 aromatic rings. The van der Waals surface area contributed by atoms with Crippen LogP contribution in [0.3, 0.4) is 0 Å². The Bertz CT molecular complexity index is 143. The molecule has 13 heavy (non-hydrogen) atoms. The Morgan fingerprint density at radius 1 is 1.54 bits per heavy atom. The molecule has 0 aliphatic heterocycles. The summed E-state index contributed by atoms with van der Waals surface area (Å²) in [7, 11) is 0. The maximum Gasteiger partial charge on any atom is 0.0441 e. The van der Waals surface area contributed by atoms with Crippen LogP contribution in [0.5, 0.6) is 0 Å². The van der Waals surface area contributed by atoms with E-state index in [9.17, 15) is 0 Å². The standard InChI is InChI=1S/C10H21NOS/c1-8(5-6-12)13-10-4-2-3-9(11)7-10/h8-10,12H,2-7,11H2,1H3. The zero-order chi connectivity index (χ0) is 9.68. The lowest BCUT2D eigenvalue weighted by Crippen LogP contribution is -2.30. The highest BCUT2D eigenvalue weighted by atomic mass is 32.2. The summed E-state index contributed by atoms with van der Waals surface area (Å²) in [6.45, 7) is 2.51. The number of aliphatic hydroxyl groups is 1. The minimum atomic E-state index is 0.312. The maximum atomic E-state index is 8.78. The van der Waals surface area contributed by atoms with Crippen molar-refractivity contribution in [1.82, 2.24) is 0 Å². The van der Waals surface area contributed by atoms with Gasteiger partial charge in [-0.1, -0.05) is 13.3 Å². The second-order valence-electron chi connectivity index (χ2n) is 4.01. The van der Waals surface area contributed by atoms with Crippen molar-refractivity contribution in [3.63, 3.8) is 0 Å². The van der Waals surface area contributed by atoms with Gasteiger partial charge in [-0.05, 0) is 25.7 Å². The molecule has 0 heterocycles. The van der Waals surface area contributed by atoms with Gasteiger partial charge in [0.25, 0.3) is 0 Å². The van der Waals surface area contributed by atoms with E-state index in [0.717, 1.165) is 11.7 Å². The van der Waals surface area contributed by atoms with Gasteiger partial charge in [0.05, 0.1) is 0 Å². The second kappa shape index (κ2) is 5.89. The average Bonchev–Trinajstić information content (AvgIpc) is 2.04. The Balaban J connectivity index is 2.19. The number of aliphatic hydroxyl groups excluding tert-OH is 1. The van der Waals surface area contributed by atoms with Crippen LogP contribution in [-0.4, -0.2) is 28.3 Å². The highest BCUT2D eigenvalue weighted by Crippen LogP contribution is 2.31. The zero-order valence-corrected chi connectivity index (χ0v) is 9.22. The third kappa shape index (κ3) is 4.34. The van der Waals surface area contributed by atoms with Crippen LogP contribution in [0.15, 0.2) is 0 Å². The largest absolute Gasteiger partial charge is 0.396 e. The van der Waals surface area contributed by atoms with E-state index in [2.05, 4.69) is 6.92 Å². The highest BCUT2D eigenvalue weighted by Gasteiger charge is 2.21. The Kier molecular flexibility index (Phi) is 5.14. The molecule has 78 valence electrons. The molecule has 0 aromatic carbocycles. The van der Waals surface area contributed by atoms with Crippen LogP contribution < -0.4 is 5.73 Å². The summed E-state index contributed by atoms with van der Waals surface area (Å²) in [5.41, 5.74) is 5.91. The van der Waals surface area contributed by atoms with Crippen molar-refractivity contribution in [2.45, 2.75) is 55.6 Å². The smallest absolute Gasteiger partial charge is 0.0441 e. The molecule has 1 aliphatic rings. The molecule has 1 saturated carbocycles. The van der Waals surface area contributed by atoms with Crippen molar-refractivity contribution in [1.29, 1.82) is 0 Å². The number of hydrogen-bond donors (Lipinski definition) is 2. The maximum absolute atomic E-state index is 8.78. The third-order valence-electron chi connectivity index (χ3n) is 2.63. The zero-order valence-electron chi connectivity index (χ0n) is 8.41. The van der Waals surface area contributed by atoms with E-state index in [-0.39, 0.29) is 0 Å². The monoisotopic (exact) mass is 203 g/mol. The Morgan fingerprint density at radius 3 is 2.92 bits per heavy atom. The van der Waals surface area contributed by atoms with Gasteiger partial charge in [-0.2, -0.15) is 11.8 Å². The molecule has 0 bridgehead atoms. The van der Waals surface area contributed by atoms with Crippen LogP contribution in [0.1, 0.15) is 39.0 Å². The second-order valence-corrected chi connectivity index (χ2v) is 5.75. The summed E-state index contributed by atoms with van der Waals surface area (Å²) in [6.07, 6.45) is 5.88. The first-order valence-electron chi connectivity index (χ1n) is 5.24. The molecule has 1 fully saturated rings. The molecule has 0 saturated heterocycles. The van der Waals surface area contributed by atoms with Gasteiger partial charge in [0.15, 0.2) is 0 Å². The number of hydrogen-bond acceptors (Lipinski definition) is 3. The summed E-state index contributed by atoms with van der Waals surface area (Å²) in [4.78, 5) is 0. The lowest BCUT2D eigenvalue weighted by atomic mass is 9.96. The molecule has 1 aliphatic carbocycles. The first kappa shape index (κ1) is 11.3. The van der Waals surface area contributed by atoms with E-state index < -0.39 is 0 Å². The fourth-order valence-electron chi connectivity index (χ4n) is 1.88. The molecule has 0 radical (unpaired) electrons. The Morgan fingerprint density at radius 2 is 2.31 bits per heavy atom. The molecule has 0 aromatic heterocycles. The first-order chi connectivity index (χ1) is 6.22. The van der Waals surface area contributed by atoms with Crippen molar-refractivity contribution in [2.75, 3.05) is 6.61 Å². The molecular weight excluding hydrogens is 182 g/mol. The molecule has 3 heteroatoms. The summed E-state index contributed by atoms with van der Waals surface area (Å²) < 4.78 is 0. The van der Waals surface area contributed by atoms with Crippen LogP contribution in [0.4, 0.5) is 0 Å². The van der Waals surface area contributed by atoms with Crippen LogP contribution in [0.2, 0.25) is 0 Å². The van der Waals surface area contributed by atoms with Gasteiger partial charge in [0.2, 0.25) is 0 Å². The molecule has 3 unspecified atom stereocenters. The molecule has 1 rings (SSSR count). The fraction of sp³-hybridized carbons (Fsp3) is 1.00. The van der Waals surface area contributed by atoms with E-state index in [1.807, 2.05) is 11.8 Å². The third-order valence-corrected chi connectivity index (χ3v) is 4.14. The topological polar surface area (TPSA) is 46.2 Å². The normalized spacial score (nSPS) is 31.6. The van der Waals surface area contributed by atoms with Crippen molar-refractivity contribution in [3.05, 3.63) is 0 Å². The molecule has 2 nitrogen and oxygen atoms in total. The van der Waals surface area contributed by atoms with Crippen LogP contribution in [0, 0.1) is 0 Å². The lowest BCUT2D eigenvalue weighted by Gasteiger charge is -2.28. The van der Waals surface area contributed by atoms with Gasteiger partial charge >= 0.3 is 0 Å². The first-order valence-corrected chi connectivity index (χ1v) is 6.18. The quantitative estimate of drug-likeness (QED) is 0.732. The predicted molar refractivity (Wildman–Crippen MR) is 59.0 cm³/mol. The molecule has 0 spiro atoms. The van der Waals surface area contributed by atoms with E-state index >= 15 is 0 Å². The van der Waals surface area contributed by atoms with Gasteiger partial charge in [0, 0.05) is 23.1 Å². The molecule has 3 atom stereocenters. The average molecular weight is 203 g/mol. The summed E-state index contributed by atoms with van der Waals surface area (Å²) in [5, 5.41) is 10.1. The summed E-state index contributed by atoms with van der Waals surface area (Å²) in [5.74, 6) is 0. The van der Waals surface area contributed by atoms with Gasteiger partial charge in [-0.15, -0.1) is 0 Å². The molecule has 3 N–H and O–H groups in total. The van der Waals surface area contributed by atoms with E-state index in [1.54, 1.807) is 0 Å². The number of thioether (sulfide) groups is 1. The summed E-state index contributed by atoms with van der Waals surface area (Å²) >= 11 is 2.01. The minimum Gasteiger partial charge on any atom is -0.396 e. The fourth-order valence-corrected chi connectivity index (χ4v) is 3.44. The molecule has 0 amide bonds. The minimum absolute atomic E-state index is 0.312. The molecular formula is C10H21NOS. The summed E-state index contributed by atoms with van der Waals surface area (Å²) in [6, 6.07) is 0.424. The van der Waals surface area contributed by atoms with Crippen LogP contribution in [-0.2, 0) is 0 Å². The van der Waals surface area contributed by atoms with E-state index in [1.165, 1.54) is 25.7 Å².